The lowest BCUT2D eigenvalue weighted by molar-refractivity contribution is 0.142. The summed E-state index contributed by atoms with van der Waals surface area (Å²) in [5.41, 5.74) is 0. The Kier molecular flexibility index (Phi) is 5.01. The molecule has 0 aromatic carbocycles. The third-order valence-corrected chi connectivity index (χ3v) is 4.33. The molecule has 0 aliphatic carbocycles. The highest BCUT2D eigenvalue weighted by molar-refractivity contribution is 6.32. The van der Waals surface area contributed by atoms with E-state index in [4.69, 9.17) is 11.6 Å². The van der Waals surface area contributed by atoms with Crippen molar-refractivity contribution in [2.45, 2.75) is 38.3 Å². The standard InChI is InChI=1S/C16H20ClN5O2/c1-11(23)10-12-4-3-8-21(12)16(24)19-14-6-9-22(20-14)15-13(17)5-2-7-18-15/h2,5-7,9,11-12,23H,3-4,8,10H2,1H3,(H,19,20,24). The second kappa shape index (κ2) is 7.19. The molecule has 1 aliphatic heterocycles. The fraction of sp³-hybridized carbons (Fsp3) is 0.438. The molecule has 2 N–H and O–H groups in total. The lowest BCUT2D eigenvalue weighted by Crippen LogP contribution is -2.40. The number of aromatic nitrogens is 3. The minimum Gasteiger partial charge on any atom is -0.393 e. The molecule has 0 bridgehead atoms. The zero-order valence-corrected chi connectivity index (χ0v) is 14.1. The van der Waals surface area contributed by atoms with Crippen LogP contribution in [0.5, 0.6) is 0 Å². The van der Waals surface area contributed by atoms with Gasteiger partial charge in [0.05, 0.1) is 11.1 Å². The normalized spacial score (nSPS) is 18.6. The number of halogens is 1. The van der Waals surface area contributed by atoms with Gasteiger partial charge >= 0.3 is 6.03 Å². The highest BCUT2D eigenvalue weighted by Gasteiger charge is 2.29. The number of carbonyl (C=O) groups is 1. The average molecular weight is 350 g/mol. The van der Waals surface area contributed by atoms with E-state index in [2.05, 4.69) is 15.4 Å². The van der Waals surface area contributed by atoms with Gasteiger partial charge in [0.1, 0.15) is 0 Å². The highest BCUT2D eigenvalue weighted by Crippen LogP contribution is 2.23. The van der Waals surface area contributed by atoms with Crippen molar-refractivity contribution < 1.29 is 9.90 Å². The zero-order valence-electron chi connectivity index (χ0n) is 13.4. The number of likely N-dealkylation sites (tertiary alicyclic amines) is 1. The molecule has 1 saturated heterocycles. The third kappa shape index (κ3) is 3.68. The molecule has 0 saturated carbocycles. The molecule has 24 heavy (non-hydrogen) atoms. The van der Waals surface area contributed by atoms with Crippen LogP contribution in [0.15, 0.2) is 30.6 Å². The number of hydrogen-bond donors (Lipinski definition) is 2. The van der Waals surface area contributed by atoms with Crippen molar-refractivity contribution in [2.24, 2.45) is 0 Å². The van der Waals surface area contributed by atoms with E-state index in [1.165, 1.54) is 4.68 Å². The van der Waals surface area contributed by atoms with Crippen LogP contribution < -0.4 is 5.32 Å². The second-order valence-corrected chi connectivity index (χ2v) is 6.37. The third-order valence-electron chi connectivity index (χ3n) is 4.03. The number of urea groups is 1. The molecule has 1 aliphatic rings. The van der Waals surface area contributed by atoms with E-state index in [9.17, 15) is 9.90 Å². The molecule has 3 heterocycles. The Labute approximate surface area is 145 Å². The van der Waals surface area contributed by atoms with Gasteiger partial charge in [-0.2, -0.15) is 0 Å². The lowest BCUT2D eigenvalue weighted by atomic mass is 10.1. The summed E-state index contributed by atoms with van der Waals surface area (Å²) in [6, 6.07) is 5.04. The van der Waals surface area contributed by atoms with E-state index in [1.807, 2.05) is 0 Å². The Bertz CT molecular complexity index is 718. The van der Waals surface area contributed by atoms with Crippen molar-refractivity contribution in [1.29, 1.82) is 0 Å². The van der Waals surface area contributed by atoms with Gasteiger partial charge in [-0.25, -0.2) is 14.5 Å². The minimum absolute atomic E-state index is 0.0670. The molecule has 2 aromatic rings. The molecule has 7 nitrogen and oxygen atoms in total. The Morgan fingerprint density at radius 3 is 3.12 bits per heavy atom. The van der Waals surface area contributed by atoms with E-state index in [1.54, 1.807) is 42.4 Å². The zero-order chi connectivity index (χ0) is 17.1. The molecule has 2 aromatic heterocycles. The molecule has 3 rings (SSSR count). The van der Waals surface area contributed by atoms with Crippen LogP contribution in [-0.4, -0.2) is 49.5 Å². The minimum atomic E-state index is -0.422. The van der Waals surface area contributed by atoms with Gasteiger partial charge in [0.15, 0.2) is 11.6 Å². The van der Waals surface area contributed by atoms with Crippen molar-refractivity contribution >= 4 is 23.4 Å². The largest absolute Gasteiger partial charge is 0.393 e. The van der Waals surface area contributed by atoms with Gasteiger partial charge in [-0.1, -0.05) is 11.6 Å². The van der Waals surface area contributed by atoms with E-state index in [0.29, 0.717) is 29.6 Å². The van der Waals surface area contributed by atoms with Crippen LogP contribution in [0.3, 0.4) is 0 Å². The predicted octanol–water partition coefficient (Wildman–Crippen LogP) is 2.69. The van der Waals surface area contributed by atoms with E-state index >= 15 is 0 Å². The molecule has 8 heteroatoms. The summed E-state index contributed by atoms with van der Waals surface area (Å²) in [6.45, 7) is 2.43. The number of rotatable bonds is 4. The van der Waals surface area contributed by atoms with E-state index in [0.717, 1.165) is 12.8 Å². The first-order valence-corrected chi connectivity index (χ1v) is 8.34. The number of anilines is 1. The monoisotopic (exact) mass is 349 g/mol. The van der Waals surface area contributed by atoms with E-state index < -0.39 is 6.10 Å². The fourth-order valence-electron chi connectivity index (χ4n) is 2.98. The molecule has 1 fully saturated rings. The number of amides is 2. The van der Waals surface area contributed by atoms with Crippen molar-refractivity contribution in [3.05, 3.63) is 35.6 Å². The summed E-state index contributed by atoms with van der Waals surface area (Å²) in [5.74, 6) is 0.942. The molecule has 128 valence electrons. The molecule has 2 unspecified atom stereocenters. The Balaban J connectivity index is 1.68. The van der Waals surface area contributed by atoms with Gasteiger partial charge in [-0.05, 0) is 38.3 Å². The van der Waals surface area contributed by atoms with Crippen molar-refractivity contribution in [2.75, 3.05) is 11.9 Å². The van der Waals surface area contributed by atoms with Gasteiger partial charge in [0, 0.05) is 31.0 Å². The van der Waals surface area contributed by atoms with E-state index in [-0.39, 0.29) is 12.1 Å². The van der Waals surface area contributed by atoms with Gasteiger partial charge < -0.3 is 10.0 Å². The van der Waals surface area contributed by atoms with Gasteiger partial charge in [-0.15, -0.1) is 5.10 Å². The Morgan fingerprint density at radius 2 is 2.38 bits per heavy atom. The van der Waals surface area contributed by atoms with Crippen LogP contribution in [0.2, 0.25) is 5.02 Å². The van der Waals surface area contributed by atoms with Gasteiger partial charge in [-0.3, -0.25) is 5.32 Å². The number of nitrogens with zero attached hydrogens (tertiary/aromatic N) is 4. The first-order chi connectivity index (χ1) is 11.5. The molecule has 0 spiro atoms. The molecule has 2 atom stereocenters. The first-order valence-electron chi connectivity index (χ1n) is 7.97. The smallest absolute Gasteiger partial charge is 0.323 e. The Morgan fingerprint density at radius 1 is 1.54 bits per heavy atom. The SMILES string of the molecule is CC(O)CC1CCCN1C(=O)Nc1ccn(-c2ncccc2Cl)n1. The number of aliphatic hydroxyl groups excluding tert-OH is 1. The van der Waals surface area contributed by atoms with Crippen LogP contribution in [0, 0.1) is 0 Å². The first kappa shape index (κ1) is 16.7. The summed E-state index contributed by atoms with van der Waals surface area (Å²) in [5, 5.41) is 17.1. The Hall–Kier alpha value is -2.12. The number of nitrogens with one attached hydrogen (secondary N) is 1. The van der Waals surface area contributed by atoms with Crippen LogP contribution in [0.1, 0.15) is 26.2 Å². The number of aliphatic hydroxyl groups is 1. The number of carbonyl (C=O) groups excluding carboxylic acids is 1. The second-order valence-electron chi connectivity index (χ2n) is 5.96. The highest BCUT2D eigenvalue weighted by atomic mass is 35.5. The quantitative estimate of drug-likeness (QED) is 0.889. The van der Waals surface area contributed by atoms with Crippen molar-refractivity contribution in [3.8, 4) is 5.82 Å². The number of pyridine rings is 1. The number of hydrogen-bond acceptors (Lipinski definition) is 4. The van der Waals surface area contributed by atoms with Crippen molar-refractivity contribution in [3.63, 3.8) is 0 Å². The molecule has 0 radical (unpaired) electrons. The topological polar surface area (TPSA) is 83.3 Å². The van der Waals surface area contributed by atoms with Crippen LogP contribution in [0.4, 0.5) is 10.6 Å². The summed E-state index contributed by atoms with van der Waals surface area (Å²) in [7, 11) is 0. The molecular weight excluding hydrogens is 330 g/mol. The fourth-order valence-corrected chi connectivity index (χ4v) is 3.19. The maximum absolute atomic E-state index is 12.5. The van der Waals surface area contributed by atoms with Crippen LogP contribution in [0.25, 0.3) is 5.82 Å². The van der Waals surface area contributed by atoms with Gasteiger partial charge in [0.2, 0.25) is 0 Å². The molecular formula is C16H20ClN5O2. The van der Waals surface area contributed by atoms with Crippen molar-refractivity contribution in [1.82, 2.24) is 19.7 Å². The summed E-state index contributed by atoms with van der Waals surface area (Å²) >= 11 is 6.10. The molecule has 2 amide bonds. The average Bonchev–Trinajstić information content (AvgIpc) is 3.16. The van der Waals surface area contributed by atoms with Crippen LogP contribution in [-0.2, 0) is 0 Å². The summed E-state index contributed by atoms with van der Waals surface area (Å²) < 4.78 is 1.52. The summed E-state index contributed by atoms with van der Waals surface area (Å²) in [6.07, 6.45) is 5.35. The van der Waals surface area contributed by atoms with Crippen LogP contribution >= 0.6 is 11.6 Å². The predicted molar refractivity (Wildman–Crippen MR) is 91.4 cm³/mol. The van der Waals surface area contributed by atoms with Gasteiger partial charge in [0.25, 0.3) is 0 Å². The maximum atomic E-state index is 12.5. The summed E-state index contributed by atoms with van der Waals surface area (Å²) in [4.78, 5) is 18.4. The maximum Gasteiger partial charge on any atom is 0.323 e. The lowest BCUT2D eigenvalue weighted by Gasteiger charge is -2.25.